The number of aromatic nitrogens is 1. The first kappa shape index (κ1) is 13.6. The van der Waals surface area contributed by atoms with Crippen LogP contribution in [0.25, 0.3) is 0 Å². The van der Waals surface area contributed by atoms with Crippen LogP contribution in [0.15, 0.2) is 10.5 Å². The lowest BCUT2D eigenvalue weighted by molar-refractivity contribution is -0.121. The molecule has 2 N–H and O–H groups in total. The summed E-state index contributed by atoms with van der Waals surface area (Å²) >= 11 is 1.27. The van der Waals surface area contributed by atoms with Gasteiger partial charge in [0.25, 0.3) is 5.91 Å². The number of nitrogens with zero attached hydrogens (tertiary/aromatic N) is 2. The minimum atomic E-state index is -0.252. The van der Waals surface area contributed by atoms with Gasteiger partial charge in [-0.05, 0) is 20.8 Å². The molecule has 0 spiro atoms. The Morgan fingerprint density at radius 1 is 1.71 bits per heavy atom. The normalized spacial score (nSPS) is 11.9. The Hall–Kier alpha value is -1.47. The number of carbonyl (C=O) groups is 1. The van der Waals surface area contributed by atoms with E-state index in [0.29, 0.717) is 16.5 Å². The number of rotatable bonds is 5. The van der Waals surface area contributed by atoms with E-state index in [1.807, 2.05) is 13.8 Å². The maximum absolute atomic E-state index is 11.4. The predicted molar refractivity (Wildman–Crippen MR) is 65.8 cm³/mol. The van der Waals surface area contributed by atoms with Crippen LogP contribution in [0.2, 0.25) is 0 Å². The van der Waals surface area contributed by atoms with Crippen molar-refractivity contribution in [2.75, 3.05) is 11.9 Å². The van der Waals surface area contributed by atoms with E-state index in [2.05, 4.69) is 15.5 Å². The second kappa shape index (κ2) is 6.31. The van der Waals surface area contributed by atoms with E-state index in [9.17, 15) is 4.79 Å². The van der Waals surface area contributed by atoms with Crippen molar-refractivity contribution in [2.24, 2.45) is 5.16 Å². The van der Waals surface area contributed by atoms with Crippen molar-refractivity contribution in [3.05, 3.63) is 11.1 Å². The fourth-order valence-electron chi connectivity index (χ4n) is 0.946. The second-order valence-corrected chi connectivity index (χ2v) is 4.49. The van der Waals surface area contributed by atoms with Gasteiger partial charge in [0.05, 0.1) is 6.10 Å². The lowest BCUT2D eigenvalue weighted by Gasteiger charge is -2.06. The summed E-state index contributed by atoms with van der Waals surface area (Å²) < 4.78 is 5.15. The van der Waals surface area contributed by atoms with Gasteiger partial charge in [-0.2, -0.15) is 0 Å². The molecule has 0 aliphatic carbocycles. The minimum absolute atomic E-state index is 0.000346. The molecule has 1 amide bonds. The lowest BCUT2D eigenvalue weighted by atomic mass is 10.3. The van der Waals surface area contributed by atoms with Gasteiger partial charge in [0, 0.05) is 5.38 Å². The van der Waals surface area contributed by atoms with E-state index in [1.54, 1.807) is 12.3 Å². The molecule has 1 heterocycles. The zero-order valence-electron chi connectivity index (χ0n) is 9.93. The van der Waals surface area contributed by atoms with E-state index in [4.69, 9.17) is 9.94 Å². The van der Waals surface area contributed by atoms with E-state index in [-0.39, 0.29) is 18.6 Å². The van der Waals surface area contributed by atoms with Crippen LogP contribution in [0, 0.1) is 0 Å². The van der Waals surface area contributed by atoms with E-state index in [0.717, 1.165) is 0 Å². The molecular weight excluding hydrogens is 242 g/mol. The van der Waals surface area contributed by atoms with Crippen molar-refractivity contribution in [3.63, 3.8) is 0 Å². The summed E-state index contributed by atoms with van der Waals surface area (Å²) in [6.45, 7) is 5.34. The SMILES string of the molecule is CC(=NO)c1csc(NC(=O)COC(C)C)n1. The number of anilines is 1. The molecule has 1 aromatic heterocycles. The number of hydrogen-bond acceptors (Lipinski definition) is 6. The highest BCUT2D eigenvalue weighted by molar-refractivity contribution is 7.14. The number of amides is 1. The van der Waals surface area contributed by atoms with Crippen LogP contribution in [-0.4, -0.2) is 34.5 Å². The first-order chi connectivity index (χ1) is 8.02. The summed E-state index contributed by atoms with van der Waals surface area (Å²) in [6, 6.07) is 0. The molecule has 0 bridgehead atoms. The van der Waals surface area contributed by atoms with Crippen LogP contribution < -0.4 is 5.32 Å². The van der Waals surface area contributed by atoms with Crippen LogP contribution in [0.5, 0.6) is 0 Å². The standard InChI is InChI=1S/C10H15N3O3S/c1-6(2)16-4-9(14)12-10-11-8(5-17-10)7(3)13-15/h5-6,15H,4H2,1-3H3,(H,11,12,14). The zero-order valence-corrected chi connectivity index (χ0v) is 10.7. The Balaban J connectivity index is 2.52. The van der Waals surface area contributed by atoms with Crippen molar-refractivity contribution < 1.29 is 14.7 Å². The van der Waals surface area contributed by atoms with Crippen molar-refractivity contribution >= 4 is 28.1 Å². The molecule has 0 aliphatic rings. The highest BCUT2D eigenvalue weighted by atomic mass is 32.1. The molecule has 7 heteroatoms. The summed E-state index contributed by atoms with van der Waals surface area (Å²) in [5.41, 5.74) is 0.942. The van der Waals surface area contributed by atoms with Gasteiger partial charge in [0.15, 0.2) is 5.13 Å². The summed E-state index contributed by atoms with van der Waals surface area (Å²) in [4.78, 5) is 15.5. The van der Waals surface area contributed by atoms with Crippen molar-refractivity contribution in [2.45, 2.75) is 26.9 Å². The Morgan fingerprint density at radius 2 is 2.41 bits per heavy atom. The van der Waals surface area contributed by atoms with E-state index < -0.39 is 0 Å². The van der Waals surface area contributed by atoms with E-state index in [1.165, 1.54) is 11.3 Å². The molecule has 0 unspecified atom stereocenters. The average Bonchev–Trinajstić information content (AvgIpc) is 2.73. The van der Waals surface area contributed by atoms with Crippen LogP contribution in [0.4, 0.5) is 5.13 Å². The number of oxime groups is 1. The quantitative estimate of drug-likeness (QED) is 0.478. The maximum Gasteiger partial charge on any atom is 0.252 e. The molecule has 6 nitrogen and oxygen atoms in total. The van der Waals surface area contributed by atoms with E-state index >= 15 is 0 Å². The Bertz CT molecular complexity index is 415. The lowest BCUT2D eigenvalue weighted by Crippen LogP contribution is -2.20. The van der Waals surface area contributed by atoms with Crippen molar-refractivity contribution in [1.82, 2.24) is 4.98 Å². The molecule has 1 aromatic rings. The molecule has 1 rings (SSSR count). The molecule has 0 aliphatic heterocycles. The molecule has 0 radical (unpaired) electrons. The molecule has 0 saturated heterocycles. The summed E-state index contributed by atoms with van der Waals surface area (Å²) in [7, 11) is 0. The molecule has 94 valence electrons. The monoisotopic (exact) mass is 257 g/mol. The first-order valence-corrected chi connectivity index (χ1v) is 5.97. The van der Waals surface area contributed by atoms with Crippen LogP contribution in [-0.2, 0) is 9.53 Å². The molecule has 17 heavy (non-hydrogen) atoms. The van der Waals surface area contributed by atoms with Crippen molar-refractivity contribution in [3.8, 4) is 0 Å². The fourth-order valence-corrected chi connectivity index (χ4v) is 1.72. The Labute approximate surface area is 103 Å². The number of ether oxygens (including phenoxy) is 1. The minimum Gasteiger partial charge on any atom is -0.411 e. The topological polar surface area (TPSA) is 83.8 Å². The summed E-state index contributed by atoms with van der Waals surface area (Å²) in [6.07, 6.45) is 0.0105. The van der Waals surface area contributed by atoms with Crippen LogP contribution >= 0.6 is 11.3 Å². The largest absolute Gasteiger partial charge is 0.411 e. The fraction of sp³-hybridized carbons (Fsp3) is 0.500. The highest BCUT2D eigenvalue weighted by Crippen LogP contribution is 2.15. The average molecular weight is 257 g/mol. The van der Waals surface area contributed by atoms with Gasteiger partial charge in [0.2, 0.25) is 0 Å². The number of hydrogen-bond donors (Lipinski definition) is 2. The van der Waals surface area contributed by atoms with Gasteiger partial charge in [0.1, 0.15) is 18.0 Å². The van der Waals surface area contributed by atoms with Crippen LogP contribution in [0.3, 0.4) is 0 Å². The number of nitrogens with one attached hydrogen (secondary N) is 1. The Morgan fingerprint density at radius 3 is 3.00 bits per heavy atom. The predicted octanol–water partition coefficient (Wildman–Crippen LogP) is 1.70. The number of thiazole rings is 1. The molecule has 0 fully saturated rings. The first-order valence-electron chi connectivity index (χ1n) is 5.09. The highest BCUT2D eigenvalue weighted by Gasteiger charge is 2.09. The molecule has 0 saturated carbocycles. The third-order valence-electron chi connectivity index (χ3n) is 1.82. The second-order valence-electron chi connectivity index (χ2n) is 3.63. The van der Waals surface area contributed by atoms with Crippen LogP contribution in [0.1, 0.15) is 26.5 Å². The Kier molecular flexibility index (Phi) is 5.05. The molecular formula is C10H15N3O3S. The molecule has 0 aromatic carbocycles. The van der Waals surface area contributed by atoms with Gasteiger partial charge in [-0.15, -0.1) is 11.3 Å². The van der Waals surface area contributed by atoms with Gasteiger partial charge in [-0.3, -0.25) is 10.1 Å². The third-order valence-corrected chi connectivity index (χ3v) is 2.58. The summed E-state index contributed by atoms with van der Waals surface area (Å²) in [5, 5.41) is 16.4. The summed E-state index contributed by atoms with van der Waals surface area (Å²) in [5.74, 6) is -0.252. The molecule has 0 atom stereocenters. The smallest absolute Gasteiger partial charge is 0.252 e. The van der Waals surface area contributed by atoms with Gasteiger partial charge in [-0.25, -0.2) is 4.98 Å². The maximum atomic E-state index is 11.4. The van der Waals surface area contributed by atoms with Gasteiger partial charge in [-0.1, -0.05) is 5.16 Å². The number of carbonyl (C=O) groups excluding carboxylic acids is 1. The van der Waals surface area contributed by atoms with Gasteiger partial charge < -0.3 is 9.94 Å². The zero-order chi connectivity index (χ0) is 12.8. The van der Waals surface area contributed by atoms with Gasteiger partial charge >= 0.3 is 0 Å². The third kappa shape index (κ3) is 4.49. The van der Waals surface area contributed by atoms with Crippen molar-refractivity contribution in [1.29, 1.82) is 0 Å².